The summed E-state index contributed by atoms with van der Waals surface area (Å²) in [5.41, 5.74) is 0.727. The van der Waals surface area contributed by atoms with E-state index >= 15 is 0 Å². The van der Waals surface area contributed by atoms with Crippen molar-refractivity contribution in [3.63, 3.8) is 0 Å². The molecule has 23 heavy (non-hydrogen) atoms. The zero-order valence-electron chi connectivity index (χ0n) is 13.4. The van der Waals surface area contributed by atoms with Gasteiger partial charge in [-0.2, -0.15) is 0 Å². The smallest absolute Gasteiger partial charge is 0.227 e. The molecule has 0 aliphatic carbocycles. The molecule has 0 aliphatic heterocycles. The zero-order chi connectivity index (χ0) is 16.5. The third-order valence-electron chi connectivity index (χ3n) is 3.11. The second kappa shape index (κ2) is 8.68. The van der Waals surface area contributed by atoms with Crippen LogP contribution < -0.4 is 19.5 Å². The van der Waals surface area contributed by atoms with Crippen molar-refractivity contribution in [3.05, 3.63) is 48.5 Å². The number of carbonyl (C=O) groups is 1. The second-order valence-electron chi connectivity index (χ2n) is 4.75. The number of hydrogen-bond acceptors (Lipinski definition) is 4. The molecule has 2 rings (SSSR count). The minimum Gasteiger partial charge on any atom is -0.497 e. The summed E-state index contributed by atoms with van der Waals surface area (Å²) in [6, 6.07) is 14.6. The number of rotatable bonds is 8. The fourth-order valence-corrected chi connectivity index (χ4v) is 2.00. The number of anilines is 1. The van der Waals surface area contributed by atoms with Crippen LogP contribution in [0.4, 0.5) is 5.69 Å². The van der Waals surface area contributed by atoms with Crippen LogP contribution in [0.5, 0.6) is 17.2 Å². The molecule has 0 bridgehead atoms. The zero-order valence-corrected chi connectivity index (χ0v) is 13.4. The highest BCUT2D eigenvalue weighted by molar-refractivity contribution is 5.90. The summed E-state index contributed by atoms with van der Waals surface area (Å²) in [5.74, 6) is 1.97. The molecule has 0 spiro atoms. The SMILES string of the molecule is CCOc1ccccc1OCCC(=O)Nc1ccc(OC)cc1. The van der Waals surface area contributed by atoms with Gasteiger partial charge in [-0.1, -0.05) is 12.1 Å². The van der Waals surface area contributed by atoms with Crippen LogP contribution in [0, 0.1) is 0 Å². The van der Waals surface area contributed by atoms with Gasteiger partial charge in [-0.05, 0) is 43.3 Å². The van der Waals surface area contributed by atoms with Crippen LogP contribution >= 0.6 is 0 Å². The van der Waals surface area contributed by atoms with Crippen molar-refractivity contribution in [2.45, 2.75) is 13.3 Å². The number of benzene rings is 2. The predicted octanol–water partition coefficient (Wildman–Crippen LogP) is 3.50. The molecule has 0 atom stereocenters. The summed E-state index contributed by atoms with van der Waals surface area (Å²) in [6.07, 6.45) is 0.256. The molecule has 0 saturated carbocycles. The molecule has 122 valence electrons. The Balaban J connectivity index is 1.80. The van der Waals surface area contributed by atoms with Gasteiger partial charge in [0.25, 0.3) is 0 Å². The van der Waals surface area contributed by atoms with E-state index < -0.39 is 0 Å². The average molecular weight is 315 g/mol. The lowest BCUT2D eigenvalue weighted by molar-refractivity contribution is -0.116. The van der Waals surface area contributed by atoms with Crippen molar-refractivity contribution < 1.29 is 19.0 Å². The largest absolute Gasteiger partial charge is 0.497 e. The van der Waals surface area contributed by atoms with Gasteiger partial charge < -0.3 is 19.5 Å². The maximum absolute atomic E-state index is 11.9. The number of amides is 1. The maximum Gasteiger partial charge on any atom is 0.227 e. The highest BCUT2D eigenvalue weighted by Gasteiger charge is 2.06. The van der Waals surface area contributed by atoms with E-state index in [0.29, 0.717) is 18.1 Å². The van der Waals surface area contributed by atoms with Crippen molar-refractivity contribution in [2.75, 3.05) is 25.6 Å². The van der Waals surface area contributed by atoms with E-state index in [4.69, 9.17) is 14.2 Å². The fraction of sp³-hybridized carbons (Fsp3) is 0.278. The summed E-state index contributed by atoms with van der Waals surface area (Å²) in [4.78, 5) is 11.9. The van der Waals surface area contributed by atoms with E-state index in [1.54, 1.807) is 31.4 Å². The molecule has 0 aliphatic rings. The Hall–Kier alpha value is -2.69. The van der Waals surface area contributed by atoms with Crippen LogP contribution in [0.1, 0.15) is 13.3 Å². The first kappa shape index (κ1) is 16.7. The molecule has 1 amide bonds. The van der Waals surface area contributed by atoms with E-state index in [1.807, 2.05) is 31.2 Å². The quantitative estimate of drug-likeness (QED) is 0.810. The van der Waals surface area contributed by atoms with Gasteiger partial charge in [0, 0.05) is 5.69 Å². The molecule has 2 aromatic carbocycles. The minimum atomic E-state index is -0.107. The number of nitrogens with one attached hydrogen (secondary N) is 1. The summed E-state index contributed by atoms with van der Waals surface area (Å²) in [6.45, 7) is 2.77. The number of hydrogen-bond donors (Lipinski definition) is 1. The Morgan fingerprint density at radius 2 is 1.65 bits per heavy atom. The van der Waals surface area contributed by atoms with E-state index in [9.17, 15) is 4.79 Å². The number of para-hydroxylation sites is 2. The molecule has 2 aromatic rings. The molecule has 1 N–H and O–H groups in total. The van der Waals surface area contributed by atoms with Gasteiger partial charge in [0.2, 0.25) is 5.91 Å². The van der Waals surface area contributed by atoms with Crippen molar-refractivity contribution in [1.29, 1.82) is 0 Å². The molecule has 0 unspecified atom stereocenters. The fourth-order valence-electron chi connectivity index (χ4n) is 2.00. The normalized spacial score (nSPS) is 10.0. The topological polar surface area (TPSA) is 56.8 Å². The number of carbonyl (C=O) groups excluding carboxylic acids is 1. The van der Waals surface area contributed by atoms with Gasteiger partial charge in [0.1, 0.15) is 5.75 Å². The van der Waals surface area contributed by atoms with Gasteiger partial charge in [-0.3, -0.25) is 4.79 Å². The van der Waals surface area contributed by atoms with Crippen LogP contribution in [0.25, 0.3) is 0 Å². The average Bonchev–Trinajstić information content (AvgIpc) is 2.57. The summed E-state index contributed by atoms with van der Waals surface area (Å²) < 4.78 is 16.2. The Morgan fingerprint density at radius 3 is 2.26 bits per heavy atom. The lowest BCUT2D eigenvalue weighted by Crippen LogP contribution is -2.15. The molecular formula is C18H21NO4. The van der Waals surface area contributed by atoms with Crippen molar-refractivity contribution in [2.24, 2.45) is 0 Å². The Morgan fingerprint density at radius 1 is 1.00 bits per heavy atom. The lowest BCUT2D eigenvalue weighted by atomic mass is 10.3. The molecule has 5 nitrogen and oxygen atoms in total. The minimum absolute atomic E-state index is 0.107. The summed E-state index contributed by atoms with van der Waals surface area (Å²) in [5, 5.41) is 2.81. The third kappa shape index (κ3) is 5.21. The van der Waals surface area contributed by atoms with Crippen LogP contribution in [-0.4, -0.2) is 26.2 Å². The highest BCUT2D eigenvalue weighted by atomic mass is 16.5. The molecule has 0 aromatic heterocycles. The Bertz CT molecular complexity index is 625. The van der Waals surface area contributed by atoms with E-state index in [2.05, 4.69) is 5.32 Å². The van der Waals surface area contributed by atoms with Gasteiger partial charge in [-0.15, -0.1) is 0 Å². The first-order chi connectivity index (χ1) is 11.2. The van der Waals surface area contributed by atoms with Crippen molar-refractivity contribution in [3.8, 4) is 17.2 Å². The molecule has 5 heteroatoms. The summed E-state index contributed by atoms with van der Waals surface area (Å²) >= 11 is 0. The van der Waals surface area contributed by atoms with E-state index in [0.717, 1.165) is 11.4 Å². The highest BCUT2D eigenvalue weighted by Crippen LogP contribution is 2.26. The third-order valence-corrected chi connectivity index (χ3v) is 3.11. The van der Waals surface area contributed by atoms with Gasteiger partial charge in [-0.25, -0.2) is 0 Å². The number of ether oxygens (including phenoxy) is 3. The predicted molar refractivity (Wildman–Crippen MR) is 89.3 cm³/mol. The standard InChI is InChI=1S/C18H21NO4/c1-3-22-16-6-4-5-7-17(16)23-13-12-18(20)19-14-8-10-15(21-2)11-9-14/h4-11H,3,12-13H2,1-2H3,(H,19,20). The van der Waals surface area contributed by atoms with E-state index in [1.165, 1.54) is 0 Å². The summed E-state index contributed by atoms with van der Waals surface area (Å²) in [7, 11) is 1.60. The van der Waals surface area contributed by atoms with Crippen LogP contribution in [0.2, 0.25) is 0 Å². The molecule has 0 heterocycles. The molecule has 0 radical (unpaired) electrons. The number of methoxy groups -OCH3 is 1. The van der Waals surface area contributed by atoms with Crippen LogP contribution in [0.15, 0.2) is 48.5 Å². The van der Waals surface area contributed by atoms with Crippen molar-refractivity contribution >= 4 is 11.6 Å². The van der Waals surface area contributed by atoms with Crippen LogP contribution in [-0.2, 0) is 4.79 Å². The molecule has 0 fully saturated rings. The second-order valence-corrected chi connectivity index (χ2v) is 4.75. The maximum atomic E-state index is 11.9. The van der Waals surface area contributed by atoms with Gasteiger partial charge in [0.05, 0.1) is 26.7 Å². The Labute approximate surface area is 136 Å². The Kier molecular flexibility index (Phi) is 6.29. The van der Waals surface area contributed by atoms with Gasteiger partial charge in [0.15, 0.2) is 11.5 Å². The van der Waals surface area contributed by atoms with Gasteiger partial charge >= 0.3 is 0 Å². The van der Waals surface area contributed by atoms with Crippen molar-refractivity contribution in [1.82, 2.24) is 0 Å². The monoisotopic (exact) mass is 315 g/mol. The first-order valence-electron chi connectivity index (χ1n) is 7.51. The lowest BCUT2D eigenvalue weighted by Gasteiger charge is -2.11. The molecular weight excluding hydrogens is 294 g/mol. The molecule has 0 saturated heterocycles. The van der Waals surface area contributed by atoms with Crippen LogP contribution in [0.3, 0.4) is 0 Å². The first-order valence-corrected chi connectivity index (χ1v) is 7.51. The van der Waals surface area contributed by atoms with E-state index in [-0.39, 0.29) is 18.9 Å².